The van der Waals surface area contributed by atoms with Crippen molar-refractivity contribution in [1.82, 2.24) is 0 Å². The van der Waals surface area contributed by atoms with E-state index in [2.05, 4.69) is 0 Å². The van der Waals surface area contributed by atoms with E-state index in [4.69, 9.17) is 5.11 Å². The molecule has 1 aliphatic carbocycles. The Morgan fingerprint density at radius 2 is 1.83 bits per heavy atom. The average molecular weight is 248 g/mol. The summed E-state index contributed by atoms with van der Waals surface area (Å²) >= 11 is 0. The Hall–Kier alpha value is -1.35. The third-order valence-electron chi connectivity index (χ3n) is 4.00. The summed E-state index contributed by atoms with van der Waals surface area (Å²) in [5, 5.41) is 19.9. The summed E-state index contributed by atoms with van der Waals surface area (Å²) in [6, 6.07) is 7.57. The molecule has 0 saturated heterocycles. The minimum Gasteiger partial charge on any atom is -0.481 e. The predicted molar refractivity (Wildman–Crippen MR) is 69.3 cm³/mol. The lowest BCUT2D eigenvalue weighted by atomic mass is 9.77. The van der Waals surface area contributed by atoms with E-state index in [0.717, 1.165) is 36.8 Å². The van der Waals surface area contributed by atoms with E-state index in [1.165, 1.54) is 0 Å². The molecule has 98 valence electrons. The molecule has 0 heterocycles. The molecule has 1 aliphatic rings. The van der Waals surface area contributed by atoms with Gasteiger partial charge in [-0.1, -0.05) is 42.7 Å². The molecule has 1 aromatic rings. The number of aliphatic hydroxyl groups is 1. The predicted octanol–water partition coefficient (Wildman–Crippen LogP) is 2.85. The van der Waals surface area contributed by atoms with Gasteiger partial charge in [0.15, 0.2) is 0 Å². The van der Waals surface area contributed by atoms with Crippen molar-refractivity contribution in [3.8, 4) is 0 Å². The number of carboxylic acids is 1. The lowest BCUT2D eigenvalue weighted by molar-refractivity contribution is -0.146. The van der Waals surface area contributed by atoms with Crippen molar-refractivity contribution in [2.24, 2.45) is 5.92 Å². The van der Waals surface area contributed by atoms with Crippen LogP contribution in [0.5, 0.6) is 0 Å². The maximum atomic E-state index is 11.1. The first-order valence-electron chi connectivity index (χ1n) is 6.53. The zero-order valence-corrected chi connectivity index (χ0v) is 10.7. The molecule has 3 nitrogen and oxygen atoms in total. The molecule has 1 aromatic carbocycles. The van der Waals surface area contributed by atoms with E-state index < -0.39 is 11.6 Å². The minimum atomic E-state index is -1.21. The van der Waals surface area contributed by atoms with E-state index in [1.54, 1.807) is 0 Å². The van der Waals surface area contributed by atoms with Gasteiger partial charge in [0, 0.05) is 0 Å². The third-order valence-corrected chi connectivity index (χ3v) is 4.00. The highest BCUT2D eigenvalue weighted by Crippen LogP contribution is 2.42. The molecule has 2 N–H and O–H groups in total. The van der Waals surface area contributed by atoms with Gasteiger partial charge in [-0.3, -0.25) is 4.79 Å². The van der Waals surface area contributed by atoms with Crippen LogP contribution in [0.1, 0.15) is 43.2 Å². The van der Waals surface area contributed by atoms with Crippen molar-refractivity contribution in [3.63, 3.8) is 0 Å². The molecule has 1 unspecified atom stereocenters. The van der Waals surface area contributed by atoms with Crippen LogP contribution < -0.4 is 0 Å². The van der Waals surface area contributed by atoms with Crippen LogP contribution in [0.3, 0.4) is 0 Å². The van der Waals surface area contributed by atoms with Gasteiger partial charge in [-0.05, 0) is 31.2 Å². The molecule has 0 spiro atoms. The summed E-state index contributed by atoms with van der Waals surface area (Å²) in [7, 11) is 0. The van der Waals surface area contributed by atoms with E-state index >= 15 is 0 Å². The highest BCUT2D eigenvalue weighted by Gasteiger charge is 2.41. The van der Waals surface area contributed by atoms with Gasteiger partial charge in [-0.15, -0.1) is 0 Å². The second kappa shape index (κ2) is 5.11. The van der Waals surface area contributed by atoms with Gasteiger partial charge >= 0.3 is 5.97 Å². The Kier molecular flexibility index (Phi) is 3.71. The second-order valence-corrected chi connectivity index (χ2v) is 5.34. The number of carbonyl (C=O) groups is 1. The highest BCUT2D eigenvalue weighted by atomic mass is 16.4. The first-order valence-corrected chi connectivity index (χ1v) is 6.53. The SMILES string of the molecule is Cc1ccc(C(O)(CC(=O)O)C2CCCC2)cc1. The number of rotatable bonds is 4. The summed E-state index contributed by atoms with van der Waals surface area (Å²) in [6.07, 6.45) is 3.78. The fourth-order valence-corrected chi connectivity index (χ4v) is 2.96. The van der Waals surface area contributed by atoms with Crippen LogP contribution >= 0.6 is 0 Å². The Morgan fingerprint density at radius 3 is 2.33 bits per heavy atom. The fourth-order valence-electron chi connectivity index (χ4n) is 2.96. The first-order chi connectivity index (χ1) is 8.52. The molecule has 18 heavy (non-hydrogen) atoms. The van der Waals surface area contributed by atoms with Gasteiger partial charge < -0.3 is 10.2 Å². The largest absolute Gasteiger partial charge is 0.481 e. The summed E-state index contributed by atoms with van der Waals surface area (Å²) in [4.78, 5) is 11.1. The molecule has 0 radical (unpaired) electrons. The summed E-state index contributed by atoms with van der Waals surface area (Å²) in [5.41, 5.74) is 0.640. The van der Waals surface area contributed by atoms with Gasteiger partial charge in [0.05, 0.1) is 6.42 Å². The van der Waals surface area contributed by atoms with Crippen molar-refractivity contribution in [3.05, 3.63) is 35.4 Å². The molecular formula is C15H20O3. The molecule has 1 atom stereocenters. The maximum Gasteiger partial charge on any atom is 0.306 e. The lowest BCUT2D eigenvalue weighted by Crippen LogP contribution is -2.36. The van der Waals surface area contributed by atoms with Gasteiger partial charge in [0.1, 0.15) is 5.60 Å². The van der Waals surface area contributed by atoms with E-state index in [-0.39, 0.29) is 12.3 Å². The minimum absolute atomic E-state index is 0.0660. The number of carboxylic acid groups (broad SMARTS) is 1. The van der Waals surface area contributed by atoms with Gasteiger partial charge in [0.25, 0.3) is 0 Å². The molecule has 1 fully saturated rings. The second-order valence-electron chi connectivity index (χ2n) is 5.34. The zero-order chi connectivity index (χ0) is 13.2. The van der Waals surface area contributed by atoms with Crippen molar-refractivity contribution in [2.75, 3.05) is 0 Å². The normalized spacial score (nSPS) is 19.7. The van der Waals surface area contributed by atoms with Crippen molar-refractivity contribution < 1.29 is 15.0 Å². The monoisotopic (exact) mass is 248 g/mol. The van der Waals surface area contributed by atoms with E-state index in [0.29, 0.717) is 0 Å². The maximum absolute atomic E-state index is 11.1. The van der Waals surface area contributed by atoms with Crippen LogP contribution in [0.25, 0.3) is 0 Å². The zero-order valence-electron chi connectivity index (χ0n) is 10.7. The fraction of sp³-hybridized carbons (Fsp3) is 0.533. The Bertz CT molecular complexity index is 418. The molecule has 0 bridgehead atoms. The third kappa shape index (κ3) is 2.56. The summed E-state index contributed by atoms with van der Waals surface area (Å²) < 4.78 is 0. The smallest absolute Gasteiger partial charge is 0.306 e. The van der Waals surface area contributed by atoms with Gasteiger partial charge in [-0.2, -0.15) is 0 Å². The van der Waals surface area contributed by atoms with E-state index in [9.17, 15) is 9.90 Å². The molecule has 0 aliphatic heterocycles. The summed E-state index contributed by atoms with van der Waals surface area (Å²) in [5.74, 6) is -0.874. The van der Waals surface area contributed by atoms with Crippen LogP contribution in [0.2, 0.25) is 0 Å². The highest BCUT2D eigenvalue weighted by molar-refractivity contribution is 5.68. The Morgan fingerprint density at radius 1 is 1.28 bits per heavy atom. The molecule has 3 heteroatoms. The van der Waals surface area contributed by atoms with Crippen LogP contribution in [-0.2, 0) is 10.4 Å². The van der Waals surface area contributed by atoms with E-state index in [1.807, 2.05) is 31.2 Å². The molecule has 1 saturated carbocycles. The average Bonchev–Trinajstić information content (AvgIpc) is 2.82. The van der Waals surface area contributed by atoms with Crippen molar-refractivity contribution in [1.29, 1.82) is 0 Å². The standard InChI is InChI=1S/C15H20O3/c1-11-6-8-13(9-7-11)15(18,10-14(16)17)12-4-2-3-5-12/h6-9,12,18H,2-5,10H2,1H3,(H,16,17). The molecule has 0 aromatic heterocycles. The van der Waals surface area contributed by atoms with Crippen LogP contribution in [0, 0.1) is 12.8 Å². The molecule has 2 rings (SSSR count). The Labute approximate surface area is 107 Å². The van der Waals surface area contributed by atoms with Crippen LogP contribution in [-0.4, -0.2) is 16.2 Å². The molecular weight excluding hydrogens is 228 g/mol. The number of benzene rings is 1. The number of hydrogen-bond acceptors (Lipinski definition) is 2. The van der Waals surface area contributed by atoms with Crippen molar-refractivity contribution >= 4 is 5.97 Å². The number of aryl methyl sites for hydroxylation is 1. The summed E-state index contributed by atoms with van der Waals surface area (Å²) in [6.45, 7) is 1.98. The van der Waals surface area contributed by atoms with Gasteiger partial charge in [-0.25, -0.2) is 0 Å². The van der Waals surface area contributed by atoms with Crippen LogP contribution in [0.15, 0.2) is 24.3 Å². The topological polar surface area (TPSA) is 57.5 Å². The number of hydrogen-bond donors (Lipinski definition) is 2. The van der Waals surface area contributed by atoms with Gasteiger partial charge in [0.2, 0.25) is 0 Å². The van der Waals surface area contributed by atoms with Crippen LogP contribution in [0.4, 0.5) is 0 Å². The molecule has 0 amide bonds. The Balaban J connectivity index is 2.33. The quantitative estimate of drug-likeness (QED) is 0.861. The number of aliphatic carboxylic acids is 1. The lowest BCUT2D eigenvalue weighted by Gasteiger charge is -2.33. The first kappa shape index (κ1) is 13.1. The van der Waals surface area contributed by atoms with Crippen molar-refractivity contribution in [2.45, 2.75) is 44.6 Å².